The van der Waals surface area contributed by atoms with E-state index >= 15 is 0 Å². The molecule has 9 aromatic rings. The topological polar surface area (TPSA) is 25.9 Å². The summed E-state index contributed by atoms with van der Waals surface area (Å²) in [6, 6.07) is 83.1. The summed E-state index contributed by atoms with van der Waals surface area (Å²) in [6.45, 7) is 0. The van der Waals surface area contributed by atoms with Crippen LogP contribution in [0.3, 0.4) is 0 Å². The summed E-state index contributed by atoms with van der Waals surface area (Å²) in [7, 11) is 33.3. The van der Waals surface area contributed by atoms with E-state index in [1.165, 1.54) is 112 Å². The summed E-state index contributed by atoms with van der Waals surface area (Å²) >= 11 is 0. The zero-order valence-electron chi connectivity index (χ0n) is 51.5. The van der Waals surface area contributed by atoms with Crippen LogP contribution in [0.5, 0.6) is 0 Å². The molecule has 0 saturated heterocycles. The van der Waals surface area contributed by atoms with E-state index in [4.69, 9.17) is 0 Å². The SMILES string of the molecule is CN(C)c1ccc(C(=C(c2ccc(N(C)C)cc2)c2ccc(N(C)C)cc2)c2ccc(N(C)C)cc2)cc1.CN(C)c1ccc(C(=C(c2ccc(N(C)C)cc2)c2ccc(N(C)C)cc2)c2ccc(N(C)C)cc2)cc1.c1ccccc1. The number of benzene rings is 9. The van der Waals surface area contributed by atoms with E-state index in [0.717, 1.165) is 0 Å². The Balaban J connectivity index is 0.000000214. The van der Waals surface area contributed by atoms with Crippen LogP contribution in [0.25, 0.3) is 22.3 Å². The Hall–Kier alpha value is -9.14. The van der Waals surface area contributed by atoms with Crippen molar-refractivity contribution in [1.82, 2.24) is 0 Å². The first kappa shape index (κ1) is 60.5. The van der Waals surface area contributed by atoms with Gasteiger partial charge in [-0.15, -0.1) is 0 Å². The molecule has 0 amide bonds. The van der Waals surface area contributed by atoms with Gasteiger partial charge >= 0.3 is 0 Å². The molecular formula is C74H86N8. The van der Waals surface area contributed by atoms with Crippen LogP contribution in [0.2, 0.25) is 0 Å². The highest BCUT2D eigenvalue weighted by atomic mass is 15.1. The molecule has 0 spiro atoms. The number of hydrogen-bond donors (Lipinski definition) is 0. The number of hydrogen-bond acceptors (Lipinski definition) is 8. The van der Waals surface area contributed by atoms with Gasteiger partial charge in [0.25, 0.3) is 0 Å². The minimum Gasteiger partial charge on any atom is -0.378 e. The van der Waals surface area contributed by atoms with Crippen molar-refractivity contribution in [3.8, 4) is 0 Å². The molecule has 8 heteroatoms. The largest absolute Gasteiger partial charge is 0.378 e. The van der Waals surface area contributed by atoms with Crippen molar-refractivity contribution in [2.75, 3.05) is 152 Å². The van der Waals surface area contributed by atoms with Crippen LogP contribution in [-0.2, 0) is 0 Å². The first-order valence-corrected chi connectivity index (χ1v) is 28.0. The predicted molar refractivity (Wildman–Crippen MR) is 363 cm³/mol. The highest BCUT2D eigenvalue weighted by molar-refractivity contribution is 6.06. The zero-order chi connectivity index (χ0) is 59.0. The lowest BCUT2D eigenvalue weighted by Crippen LogP contribution is -2.09. The van der Waals surface area contributed by atoms with Crippen LogP contribution in [0, 0.1) is 0 Å². The highest BCUT2D eigenvalue weighted by Crippen LogP contribution is 2.41. The van der Waals surface area contributed by atoms with Gasteiger partial charge in [0.1, 0.15) is 0 Å². The summed E-state index contributed by atoms with van der Waals surface area (Å²) < 4.78 is 0. The second-order valence-electron chi connectivity index (χ2n) is 22.2. The molecule has 8 nitrogen and oxygen atoms in total. The number of anilines is 8. The lowest BCUT2D eigenvalue weighted by molar-refractivity contribution is 1.13. The molecule has 0 bridgehead atoms. The lowest BCUT2D eigenvalue weighted by Gasteiger charge is -2.21. The summed E-state index contributed by atoms with van der Waals surface area (Å²) in [5, 5.41) is 0. The molecule has 0 N–H and O–H groups in total. The lowest BCUT2D eigenvalue weighted by atomic mass is 9.85. The predicted octanol–water partition coefficient (Wildman–Crippen LogP) is 15.6. The van der Waals surface area contributed by atoms with Gasteiger partial charge < -0.3 is 39.2 Å². The maximum atomic E-state index is 2.24. The third-order valence-electron chi connectivity index (χ3n) is 14.5. The Labute approximate surface area is 492 Å². The van der Waals surface area contributed by atoms with Crippen LogP contribution in [-0.4, -0.2) is 113 Å². The van der Waals surface area contributed by atoms with Crippen molar-refractivity contribution in [2.45, 2.75) is 0 Å². The van der Waals surface area contributed by atoms with Crippen molar-refractivity contribution in [3.05, 3.63) is 275 Å². The third kappa shape index (κ3) is 15.6. The molecule has 9 rings (SSSR count). The third-order valence-corrected chi connectivity index (χ3v) is 14.5. The molecule has 0 heterocycles. The van der Waals surface area contributed by atoms with Gasteiger partial charge in [0, 0.05) is 158 Å². The van der Waals surface area contributed by atoms with E-state index < -0.39 is 0 Å². The van der Waals surface area contributed by atoms with Crippen molar-refractivity contribution < 1.29 is 0 Å². The monoisotopic (exact) mass is 1090 g/mol. The highest BCUT2D eigenvalue weighted by Gasteiger charge is 2.20. The van der Waals surface area contributed by atoms with Crippen LogP contribution in [0.4, 0.5) is 45.5 Å². The molecule has 0 unspecified atom stereocenters. The van der Waals surface area contributed by atoms with E-state index in [1.54, 1.807) is 0 Å². The first-order chi connectivity index (χ1) is 39.3. The second-order valence-corrected chi connectivity index (χ2v) is 22.2. The van der Waals surface area contributed by atoms with Crippen molar-refractivity contribution >= 4 is 67.8 Å². The van der Waals surface area contributed by atoms with Crippen molar-refractivity contribution in [1.29, 1.82) is 0 Å². The molecular weight excluding hydrogens is 1000 g/mol. The molecule has 0 fully saturated rings. The fourth-order valence-electron chi connectivity index (χ4n) is 9.62. The smallest absolute Gasteiger partial charge is 0.0361 e. The summed E-state index contributed by atoms with van der Waals surface area (Å²) in [5.41, 5.74) is 23.9. The normalized spacial score (nSPS) is 10.4. The molecule has 0 aliphatic heterocycles. The fraction of sp³-hybridized carbons (Fsp3) is 0.216. The standard InChI is InChI=1S/2C34H40N4.C6H6/c2*1-35(2)29-17-9-25(10-18-29)33(26-11-19-30(20-12-26)36(3)4)34(27-13-21-31(22-14-27)37(5)6)28-15-23-32(24-16-28)38(7)8;1-2-4-6-5-3-1/h2*9-24H,1-8H3;1-6H. The molecule has 0 saturated carbocycles. The van der Waals surface area contributed by atoms with Gasteiger partial charge in [-0.2, -0.15) is 0 Å². The van der Waals surface area contributed by atoms with Gasteiger partial charge in [0.05, 0.1) is 0 Å². The quantitative estimate of drug-likeness (QED) is 0.0883. The maximum Gasteiger partial charge on any atom is 0.0361 e. The van der Waals surface area contributed by atoms with Crippen molar-refractivity contribution in [2.24, 2.45) is 0 Å². The second kappa shape index (κ2) is 28.3. The first-order valence-electron chi connectivity index (χ1n) is 28.0. The Morgan fingerprint density at radius 1 is 0.146 bits per heavy atom. The molecule has 0 aliphatic rings. The molecule has 422 valence electrons. The van der Waals surface area contributed by atoms with Crippen molar-refractivity contribution in [3.63, 3.8) is 0 Å². The minimum atomic E-state index is 1.18. The molecule has 82 heavy (non-hydrogen) atoms. The molecule has 9 aromatic carbocycles. The van der Waals surface area contributed by atoms with Gasteiger partial charge in [-0.3, -0.25) is 0 Å². The van der Waals surface area contributed by atoms with E-state index in [0.29, 0.717) is 0 Å². The molecule has 0 radical (unpaired) electrons. The fourth-order valence-corrected chi connectivity index (χ4v) is 9.62. The Kier molecular flexibility index (Phi) is 20.9. The van der Waals surface area contributed by atoms with E-state index in [-0.39, 0.29) is 0 Å². The van der Waals surface area contributed by atoms with Gasteiger partial charge in [0.2, 0.25) is 0 Å². The molecule has 0 atom stereocenters. The van der Waals surface area contributed by atoms with Gasteiger partial charge in [-0.05, 0) is 164 Å². The summed E-state index contributed by atoms with van der Waals surface area (Å²) in [4.78, 5) is 17.1. The average molecular weight is 1090 g/mol. The number of rotatable bonds is 16. The Bertz CT molecular complexity index is 2750. The summed E-state index contributed by atoms with van der Waals surface area (Å²) in [6.07, 6.45) is 0. The average Bonchev–Trinajstić information content (AvgIpc) is 3.66. The molecule has 0 aliphatic carbocycles. The van der Waals surface area contributed by atoms with Crippen LogP contribution >= 0.6 is 0 Å². The zero-order valence-corrected chi connectivity index (χ0v) is 51.5. The van der Waals surface area contributed by atoms with Crippen LogP contribution in [0.15, 0.2) is 231 Å². The maximum absolute atomic E-state index is 2.24. The van der Waals surface area contributed by atoms with E-state index in [9.17, 15) is 0 Å². The van der Waals surface area contributed by atoms with Crippen LogP contribution in [0.1, 0.15) is 44.5 Å². The van der Waals surface area contributed by atoms with Gasteiger partial charge in [-0.25, -0.2) is 0 Å². The minimum absolute atomic E-state index is 1.18. The number of nitrogens with zero attached hydrogens (tertiary/aromatic N) is 8. The van der Waals surface area contributed by atoms with Crippen LogP contribution < -0.4 is 39.2 Å². The Morgan fingerprint density at radius 3 is 0.305 bits per heavy atom. The van der Waals surface area contributed by atoms with E-state index in [1.807, 2.05) is 36.4 Å². The summed E-state index contributed by atoms with van der Waals surface area (Å²) in [5.74, 6) is 0. The van der Waals surface area contributed by atoms with E-state index in [2.05, 4.69) is 346 Å². The van der Waals surface area contributed by atoms with Gasteiger partial charge in [0.15, 0.2) is 0 Å². The van der Waals surface area contributed by atoms with Gasteiger partial charge in [-0.1, -0.05) is 133 Å². The molecule has 0 aromatic heterocycles. The Morgan fingerprint density at radius 2 is 0.232 bits per heavy atom.